The van der Waals surface area contributed by atoms with Gasteiger partial charge in [-0.3, -0.25) is 0 Å². The number of hydrogen-bond donors (Lipinski definition) is 1. The van der Waals surface area contributed by atoms with E-state index in [0.29, 0.717) is 6.54 Å². The third kappa shape index (κ3) is 2.11. The molecule has 2 rings (SSSR count). The lowest BCUT2D eigenvalue weighted by atomic mass is 10.0. The maximum absolute atomic E-state index is 5.62. The van der Waals surface area contributed by atoms with Gasteiger partial charge in [0, 0.05) is 4.88 Å². The monoisotopic (exact) mass is 217 g/mol. The second-order valence-corrected chi connectivity index (χ2v) is 4.54. The molecule has 0 unspecified atom stereocenters. The van der Waals surface area contributed by atoms with Crippen LogP contribution in [-0.2, 0) is 6.42 Å². The summed E-state index contributed by atoms with van der Waals surface area (Å²) in [5.74, 6) is 0. The zero-order valence-corrected chi connectivity index (χ0v) is 9.68. The first-order valence-electron chi connectivity index (χ1n) is 5.15. The fraction of sp³-hybridized carbons (Fsp3) is 0.231. The van der Waals surface area contributed by atoms with Crippen LogP contribution in [-0.4, -0.2) is 6.54 Å². The van der Waals surface area contributed by atoms with E-state index < -0.39 is 0 Å². The molecule has 0 fully saturated rings. The Morgan fingerprint density at radius 1 is 1.20 bits per heavy atom. The fourth-order valence-electron chi connectivity index (χ4n) is 1.76. The third-order valence-corrected chi connectivity index (χ3v) is 3.59. The van der Waals surface area contributed by atoms with Gasteiger partial charge in [-0.2, -0.15) is 0 Å². The minimum Gasteiger partial charge on any atom is -0.330 e. The van der Waals surface area contributed by atoms with Crippen LogP contribution >= 0.6 is 11.3 Å². The first-order valence-corrected chi connectivity index (χ1v) is 6.03. The lowest BCUT2D eigenvalue weighted by Crippen LogP contribution is -2.03. The number of aryl methyl sites for hydroxylation is 1. The molecule has 0 aliphatic rings. The first kappa shape index (κ1) is 10.4. The molecule has 1 nitrogen and oxygen atoms in total. The molecule has 2 heteroatoms. The molecule has 0 aliphatic carbocycles. The van der Waals surface area contributed by atoms with Crippen LogP contribution in [0.2, 0.25) is 0 Å². The van der Waals surface area contributed by atoms with Gasteiger partial charge in [0.25, 0.3) is 0 Å². The van der Waals surface area contributed by atoms with Crippen molar-refractivity contribution >= 4 is 11.3 Å². The molecule has 1 heterocycles. The smallest absolute Gasteiger partial charge is 0.0374 e. The predicted octanol–water partition coefficient (Wildman–Crippen LogP) is 3.22. The first-order chi connectivity index (χ1) is 7.33. The minimum absolute atomic E-state index is 0.710. The molecule has 78 valence electrons. The summed E-state index contributed by atoms with van der Waals surface area (Å²) in [5, 5.41) is 2.14. The molecule has 2 aromatic rings. The second kappa shape index (κ2) is 4.60. The molecule has 15 heavy (non-hydrogen) atoms. The van der Waals surface area contributed by atoms with Crippen molar-refractivity contribution < 1.29 is 0 Å². The van der Waals surface area contributed by atoms with Crippen LogP contribution in [0.3, 0.4) is 0 Å². The van der Waals surface area contributed by atoms with E-state index in [2.05, 4.69) is 42.6 Å². The van der Waals surface area contributed by atoms with Crippen LogP contribution in [0.25, 0.3) is 10.4 Å². The highest BCUT2D eigenvalue weighted by atomic mass is 32.1. The quantitative estimate of drug-likeness (QED) is 0.839. The number of thiophene rings is 1. The Labute approximate surface area is 94.6 Å². The van der Waals surface area contributed by atoms with Crippen LogP contribution in [0.15, 0.2) is 35.7 Å². The average Bonchev–Trinajstić information content (AvgIpc) is 2.66. The molecule has 0 saturated heterocycles. The molecule has 1 aromatic carbocycles. The number of benzene rings is 1. The number of rotatable bonds is 3. The predicted molar refractivity (Wildman–Crippen MR) is 67.3 cm³/mol. The van der Waals surface area contributed by atoms with Gasteiger partial charge in [0.2, 0.25) is 0 Å². The van der Waals surface area contributed by atoms with E-state index in [9.17, 15) is 0 Å². The van der Waals surface area contributed by atoms with Gasteiger partial charge in [0.15, 0.2) is 0 Å². The van der Waals surface area contributed by atoms with Crippen LogP contribution < -0.4 is 5.73 Å². The largest absolute Gasteiger partial charge is 0.330 e. The molecule has 0 amide bonds. The number of nitrogens with two attached hydrogens (primary N) is 1. The Hall–Kier alpha value is -1.12. The summed E-state index contributed by atoms with van der Waals surface area (Å²) in [5.41, 5.74) is 9.67. The average molecular weight is 217 g/mol. The van der Waals surface area contributed by atoms with Gasteiger partial charge < -0.3 is 5.73 Å². The van der Waals surface area contributed by atoms with Crippen LogP contribution in [0.5, 0.6) is 0 Å². The summed E-state index contributed by atoms with van der Waals surface area (Å²) < 4.78 is 0. The van der Waals surface area contributed by atoms with Crippen molar-refractivity contribution in [1.29, 1.82) is 0 Å². The van der Waals surface area contributed by atoms with Crippen LogP contribution in [0.4, 0.5) is 0 Å². The standard InChI is InChI=1S/C13H15NS/c1-10-7-9-15-13(10)12-5-3-2-4-11(12)6-8-14/h2-5,7,9H,6,8,14H2,1H3. The van der Waals surface area contributed by atoms with E-state index in [1.807, 2.05) is 0 Å². The van der Waals surface area contributed by atoms with Gasteiger partial charge in [0.1, 0.15) is 0 Å². The van der Waals surface area contributed by atoms with E-state index in [-0.39, 0.29) is 0 Å². The second-order valence-electron chi connectivity index (χ2n) is 3.63. The van der Waals surface area contributed by atoms with Crippen molar-refractivity contribution in [2.75, 3.05) is 6.54 Å². The lowest BCUT2D eigenvalue weighted by molar-refractivity contribution is 0.971. The van der Waals surface area contributed by atoms with E-state index in [4.69, 9.17) is 5.73 Å². The van der Waals surface area contributed by atoms with Crippen molar-refractivity contribution in [1.82, 2.24) is 0 Å². The summed E-state index contributed by atoms with van der Waals surface area (Å²) in [6.07, 6.45) is 0.952. The zero-order valence-electron chi connectivity index (χ0n) is 8.86. The van der Waals surface area contributed by atoms with Gasteiger partial charge in [-0.1, -0.05) is 24.3 Å². The lowest BCUT2D eigenvalue weighted by Gasteiger charge is -2.07. The Balaban J connectivity index is 2.48. The van der Waals surface area contributed by atoms with Gasteiger partial charge in [-0.25, -0.2) is 0 Å². The highest BCUT2D eigenvalue weighted by Crippen LogP contribution is 2.31. The van der Waals surface area contributed by atoms with Crippen LogP contribution in [0.1, 0.15) is 11.1 Å². The molecule has 0 spiro atoms. The molecule has 1 aromatic heterocycles. The summed E-state index contributed by atoms with van der Waals surface area (Å²) in [6, 6.07) is 10.7. The summed E-state index contributed by atoms with van der Waals surface area (Å²) >= 11 is 1.80. The molecule has 2 N–H and O–H groups in total. The van der Waals surface area contributed by atoms with Crippen molar-refractivity contribution in [2.45, 2.75) is 13.3 Å². The van der Waals surface area contributed by atoms with Crippen molar-refractivity contribution in [3.05, 3.63) is 46.8 Å². The van der Waals surface area contributed by atoms with Gasteiger partial charge in [-0.15, -0.1) is 11.3 Å². The van der Waals surface area contributed by atoms with Gasteiger partial charge in [-0.05, 0) is 48.0 Å². The molecule has 0 saturated carbocycles. The zero-order chi connectivity index (χ0) is 10.7. The maximum Gasteiger partial charge on any atom is 0.0374 e. The maximum atomic E-state index is 5.62. The summed E-state index contributed by atoms with van der Waals surface area (Å²) in [7, 11) is 0. The Morgan fingerprint density at radius 3 is 2.67 bits per heavy atom. The number of hydrogen-bond acceptors (Lipinski definition) is 2. The Bertz CT molecular complexity index is 445. The van der Waals surface area contributed by atoms with Crippen LogP contribution in [0, 0.1) is 6.92 Å². The topological polar surface area (TPSA) is 26.0 Å². The molecule has 0 radical (unpaired) electrons. The van der Waals surface area contributed by atoms with Gasteiger partial charge >= 0.3 is 0 Å². The van der Waals surface area contributed by atoms with Gasteiger partial charge in [0.05, 0.1) is 0 Å². The van der Waals surface area contributed by atoms with Crippen molar-refractivity contribution in [3.8, 4) is 10.4 Å². The Morgan fingerprint density at radius 2 is 2.00 bits per heavy atom. The molecular formula is C13H15NS. The van der Waals surface area contributed by atoms with E-state index in [0.717, 1.165) is 6.42 Å². The molecule has 0 atom stereocenters. The Kier molecular flexibility index (Phi) is 3.19. The fourth-order valence-corrected chi connectivity index (χ4v) is 2.75. The highest BCUT2D eigenvalue weighted by Gasteiger charge is 2.07. The van der Waals surface area contributed by atoms with E-state index in [1.54, 1.807) is 11.3 Å². The van der Waals surface area contributed by atoms with Crippen molar-refractivity contribution in [2.24, 2.45) is 5.73 Å². The highest BCUT2D eigenvalue weighted by molar-refractivity contribution is 7.13. The molecular weight excluding hydrogens is 202 g/mol. The molecule has 0 bridgehead atoms. The molecule has 0 aliphatic heterocycles. The SMILES string of the molecule is Cc1ccsc1-c1ccccc1CCN. The summed E-state index contributed by atoms with van der Waals surface area (Å²) in [4.78, 5) is 1.37. The van der Waals surface area contributed by atoms with E-state index in [1.165, 1.54) is 21.6 Å². The van der Waals surface area contributed by atoms with E-state index >= 15 is 0 Å². The summed E-state index contributed by atoms with van der Waals surface area (Å²) in [6.45, 7) is 2.87. The normalized spacial score (nSPS) is 10.5. The minimum atomic E-state index is 0.710. The third-order valence-electron chi connectivity index (χ3n) is 2.54. The van der Waals surface area contributed by atoms with Crippen molar-refractivity contribution in [3.63, 3.8) is 0 Å².